The van der Waals surface area contributed by atoms with Gasteiger partial charge in [-0.25, -0.2) is 0 Å². The van der Waals surface area contributed by atoms with E-state index in [1.54, 1.807) is 0 Å². The molecule has 0 heterocycles. The molecule has 0 aliphatic rings. The van der Waals surface area contributed by atoms with Crippen LogP contribution in [0.5, 0.6) is 0 Å². The molecule has 5 heteroatoms. The number of aliphatic hydroxyl groups is 1. The lowest BCUT2D eigenvalue weighted by molar-refractivity contribution is -0.154. The Kier molecular flexibility index (Phi) is 12.0. The topological polar surface area (TPSA) is 83.8 Å². The number of rotatable bonds is 13. The van der Waals surface area contributed by atoms with Crippen molar-refractivity contribution in [1.29, 1.82) is 0 Å². The number of carboxylic acids is 1. The average Bonchev–Trinajstić information content (AvgIpc) is 2.35. The second kappa shape index (κ2) is 12.6. The van der Waals surface area contributed by atoms with E-state index in [0.29, 0.717) is 6.42 Å². The lowest BCUT2D eigenvalue weighted by Crippen LogP contribution is -2.23. The number of carbonyl (C=O) groups excluding carboxylic acids is 1. The molecule has 2 unspecified atom stereocenters. The Morgan fingerprint density at radius 1 is 1.00 bits per heavy atom. The van der Waals surface area contributed by atoms with Crippen molar-refractivity contribution in [3.63, 3.8) is 0 Å². The van der Waals surface area contributed by atoms with Gasteiger partial charge < -0.3 is 14.9 Å². The third kappa shape index (κ3) is 13.6. The van der Waals surface area contributed by atoms with Gasteiger partial charge in [-0.1, -0.05) is 45.4 Å². The minimum absolute atomic E-state index is 0.0901. The van der Waals surface area contributed by atoms with Crippen molar-refractivity contribution in [1.82, 2.24) is 0 Å². The standard InChI is InChI=1S/C16H30O5/c1-3-4-5-6-7-8-9-10-14(12-15(18)19)21-16(20)11-13(2)17/h13-14,17H,3-12H2,1-2H3,(H,18,19). The third-order valence-corrected chi connectivity index (χ3v) is 3.29. The first-order chi connectivity index (χ1) is 9.95. The first kappa shape index (κ1) is 19.9. The van der Waals surface area contributed by atoms with Gasteiger partial charge in [0.2, 0.25) is 0 Å². The molecule has 0 amide bonds. The maximum Gasteiger partial charge on any atom is 0.308 e. The van der Waals surface area contributed by atoms with Crippen LogP contribution in [-0.4, -0.2) is 34.4 Å². The van der Waals surface area contributed by atoms with Gasteiger partial charge in [-0.3, -0.25) is 9.59 Å². The predicted molar refractivity (Wildman–Crippen MR) is 81.0 cm³/mol. The second-order valence-electron chi connectivity index (χ2n) is 5.67. The van der Waals surface area contributed by atoms with Crippen molar-refractivity contribution in [3.8, 4) is 0 Å². The van der Waals surface area contributed by atoms with Gasteiger partial charge in [0.1, 0.15) is 6.10 Å². The van der Waals surface area contributed by atoms with Crippen molar-refractivity contribution in [3.05, 3.63) is 0 Å². The summed E-state index contributed by atoms with van der Waals surface area (Å²) in [5.41, 5.74) is 0. The number of ether oxygens (including phenoxy) is 1. The average molecular weight is 302 g/mol. The molecule has 0 aliphatic carbocycles. The lowest BCUT2D eigenvalue weighted by Gasteiger charge is -2.16. The van der Waals surface area contributed by atoms with E-state index in [1.165, 1.54) is 32.6 Å². The second-order valence-corrected chi connectivity index (χ2v) is 5.67. The number of carboxylic acid groups (broad SMARTS) is 1. The normalized spacial score (nSPS) is 13.7. The van der Waals surface area contributed by atoms with Gasteiger partial charge in [0, 0.05) is 0 Å². The van der Waals surface area contributed by atoms with Crippen LogP contribution in [0.15, 0.2) is 0 Å². The fourth-order valence-electron chi connectivity index (χ4n) is 2.20. The molecule has 0 saturated carbocycles. The van der Waals surface area contributed by atoms with Crippen LogP contribution in [0.2, 0.25) is 0 Å². The van der Waals surface area contributed by atoms with E-state index in [0.717, 1.165) is 19.3 Å². The number of esters is 1. The fraction of sp³-hybridized carbons (Fsp3) is 0.875. The Balaban J connectivity index is 3.90. The van der Waals surface area contributed by atoms with Crippen LogP contribution in [0.25, 0.3) is 0 Å². The highest BCUT2D eigenvalue weighted by Gasteiger charge is 2.18. The quantitative estimate of drug-likeness (QED) is 0.403. The molecule has 0 radical (unpaired) electrons. The molecule has 124 valence electrons. The van der Waals surface area contributed by atoms with Crippen LogP contribution in [0.3, 0.4) is 0 Å². The SMILES string of the molecule is CCCCCCCCCC(CC(=O)O)OC(=O)CC(C)O. The highest BCUT2D eigenvalue weighted by molar-refractivity contribution is 5.71. The van der Waals surface area contributed by atoms with Gasteiger partial charge >= 0.3 is 11.9 Å². The Labute approximate surface area is 127 Å². The summed E-state index contributed by atoms with van der Waals surface area (Å²) in [6.07, 6.45) is 6.96. The van der Waals surface area contributed by atoms with Gasteiger partial charge in [0.05, 0.1) is 18.9 Å². The molecule has 0 aliphatic heterocycles. The maximum atomic E-state index is 11.5. The van der Waals surface area contributed by atoms with Crippen LogP contribution in [0.1, 0.15) is 78.1 Å². The summed E-state index contributed by atoms with van der Waals surface area (Å²) in [4.78, 5) is 22.3. The van der Waals surface area contributed by atoms with Crippen molar-refractivity contribution in [2.75, 3.05) is 0 Å². The van der Waals surface area contributed by atoms with Gasteiger partial charge in [0.15, 0.2) is 0 Å². The Hall–Kier alpha value is -1.10. The molecule has 21 heavy (non-hydrogen) atoms. The highest BCUT2D eigenvalue weighted by atomic mass is 16.5. The monoisotopic (exact) mass is 302 g/mol. The predicted octanol–water partition coefficient (Wildman–Crippen LogP) is 3.28. The van der Waals surface area contributed by atoms with Gasteiger partial charge in [-0.05, 0) is 19.8 Å². The molecule has 0 fully saturated rings. The van der Waals surface area contributed by atoms with E-state index < -0.39 is 24.1 Å². The van der Waals surface area contributed by atoms with Crippen LogP contribution in [-0.2, 0) is 14.3 Å². The third-order valence-electron chi connectivity index (χ3n) is 3.29. The molecule has 0 aromatic rings. The molecule has 2 atom stereocenters. The van der Waals surface area contributed by atoms with Gasteiger partial charge in [-0.15, -0.1) is 0 Å². The molecule has 5 nitrogen and oxygen atoms in total. The Morgan fingerprint density at radius 2 is 1.57 bits per heavy atom. The van der Waals surface area contributed by atoms with E-state index in [-0.39, 0.29) is 12.8 Å². The minimum atomic E-state index is -0.965. The Morgan fingerprint density at radius 3 is 2.10 bits per heavy atom. The smallest absolute Gasteiger partial charge is 0.308 e. The van der Waals surface area contributed by atoms with Crippen molar-refractivity contribution >= 4 is 11.9 Å². The van der Waals surface area contributed by atoms with Crippen LogP contribution >= 0.6 is 0 Å². The van der Waals surface area contributed by atoms with Crippen LogP contribution in [0, 0.1) is 0 Å². The molecular weight excluding hydrogens is 272 g/mol. The zero-order valence-corrected chi connectivity index (χ0v) is 13.3. The summed E-state index contributed by atoms with van der Waals surface area (Å²) in [5, 5.41) is 18.0. The number of carbonyl (C=O) groups is 2. The first-order valence-corrected chi connectivity index (χ1v) is 8.05. The van der Waals surface area contributed by atoms with Crippen LogP contribution < -0.4 is 0 Å². The number of aliphatic carboxylic acids is 1. The minimum Gasteiger partial charge on any atom is -0.481 e. The largest absolute Gasteiger partial charge is 0.481 e. The molecule has 0 aromatic carbocycles. The summed E-state index contributed by atoms with van der Waals surface area (Å²) in [5.74, 6) is -1.49. The number of aliphatic hydroxyl groups excluding tert-OH is 1. The summed E-state index contributed by atoms with van der Waals surface area (Å²) < 4.78 is 5.14. The lowest BCUT2D eigenvalue weighted by atomic mass is 10.0. The van der Waals surface area contributed by atoms with Crippen LogP contribution in [0.4, 0.5) is 0 Å². The maximum absolute atomic E-state index is 11.5. The fourth-order valence-corrected chi connectivity index (χ4v) is 2.20. The number of hydrogen-bond acceptors (Lipinski definition) is 4. The molecule has 0 saturated heterocycles. The Bertz CT molecular complexity index is 288. The summed E-state index contributed by atoms with van der Waals surface area (Å²) in [6.45, 7) is 3.68. The van der Waals surface area contributed by atoms with Crippen molar-refractivity contribution in [2.24, 2.45) is 0 Å². The molecule has 0 rings (SSSR count). The van der Waals surface area contributed by atoms with E-state index in [1.807, 2.05) is 0 Å². The molecular formula is C16H30O5. The number of hydrogen-bond donors (Lipinski definition) is 2. The van der Waals surface area contributed by atoms with E-state index >= 15 is 0 Å². The van der Waals surface area contributed by atoms with Crippen molar-refractivity contribution in [2.45, 2.75) is 90.3 Å². The van der Waals surface area contributed by atoms with Gasteiger partial charge in [0.25, 0.3) is 0 Å². The first-order valence-electron chi connectivity index (χ1n) is 8.05. The van der Waals surface area contributed by atoms with Gasteiger partial charge in [-0.2, -0.15) is 0 Å². The molecule has 0 spiro atoms. The van der Waals surface area contributed by atoms with Crippen molar-refractivity contribution < 1.29 is 24.5 Å². The summed E-state index contributed by atoms with van der Waals surface area (Å²) in [7, 11) is 0. The van der Waals surface area contributed by atoms with E-state index in [4.69, 9.17) is 14.9 Å². The van der Waals surface area contributed by atoms with E-state index in [9.17, 15) is 9.59 Å². The number of unbranched alkanes of at least 4 members (excludes halogenated alkanes) is 6. The molecule has 0 aromatic heterocycles. The van der Waals surface area contributed by atoms with E-state index in [2.05, 4.69) is 6.92 Å². The highest BCUT2D eigenvalue weighted by Crippen LogP contribution is 2.14. The molecule has 2 N–H and O–H groups in total. The molecule has 0 bridgehead atoms. The zero-order valence-electron chi connectivity index (χ0n) is 13.3. The summed E-state index contributed by atoms with van der Waals surface area (Å²) >= 11 is 0. The zero-order chi connectivity index (χ0) is 16.1. The summed E-state index contributed by atoms with van der Waals surface area (Å²) in [6, 6.07) is 0.